The van der Waals surface area contributed by atoms with Gasteiger partial charge < -0.3 is 5.32 Å². The molecule has 1 N–H and O–H groups in total. The molecule has 0 spiro atoms. The molecule has 104 valence electrons. The summed E-state index contributed by atoms with van der Waals surface area (Å²) in [7, 11) is 0. The minimum Gasteiger partial charge on any atom is -0.348 e. The average Bonchev–Trinajstić information content (AvgIpc) is 2.91. The number of carbonyl (C=O) groups excluding carboxylic acids is 1. The summed E-state index contributed by atoms with van der Waals surface area (Å²) in [6.45, 7) is 0. The molecule has 2 nitrogen and oxygen atoms in total. The Balaban J connectivity index is 1.72. The summed E-state index contributed by atoms with van der Waals surface area (Å²) >= 11 is 13.6. The summed E-state index contributed by atoms with van der Waals surface area (Å²) in [4.78, 5) is 12.8. The summed E-state index contributed by atoms with van der Waals surface area (Å²) in [6, 6.07) is 9.44. The first-order valence-corrected chi connectivity index (χ1v) is 8.08. The van der Waals surface area contributed by atoms with Crippen molar-refractivity contribution in [3.63, 3.8) is 0 Å². The van der Waals surface area contributed by atoms with Gasteiger partial charge in [0.25, 0.3) is 5.91 Å². The number of hydrogen-bond acceptors (Lipinski definition) is 2. The Bertz CT molecular complexity index is 627. The van der Waals surface area contributed by atoms with Gasteiger partial charge in [-0.25, -0.2) is 0 Å². The van der Waals surface area contributed by atoms with Crippen molar-refractivity contribution in [3.05, 3.63) is 56.2 Å². The van der Waals surface area contributed by atoms with E-state index < -0.39 is 0 Å². The molecule has 0 unspecified atom stereocenters. The van der Waals surface area contributed by atoms with Gasteiger partial charge in [0.2, 0.25) is 0 Å². The largest absolute Gasteiger partial charge is 0.348 e. The van der Waals surface area contributed by atoms with Crippen LogP contribution in [0, 0.1) is 0 Å². The summed E-state index contributed by atoms with van der Waals surface area (Å²) in [6.07, 6.45) is 2.03. The lowest BCUT2D eigenvalue weighted by Gasteiger charge is -2.38. The number of nitrogens with one attached hydrogen (secondary N) is 1. The van der Waals surface area contributed by atoms with E-state index in [1.165, 1.54) is 11.3 Å². The van der Waals surface area contributed by atoms with Gasteiger partial charge in [-0.15, -0.1) is 11.3 Å². The van der Waals surface area contributed by atoms with Crippen LogP contribution in [0.2, 0.25) is 10.0 Å². The van der Waals surface area contributed by atoms with Crippen molar-refractivity contribution in [2.45, 2.75) is 24.8 Å². The topological polar surface area (TPSA) is 29.1 Å². The van der Waals surface area contributed by atoms with E-state index in [1.54, 1.807) is 6.07 Å². The average molecular weight is 326 g/mol. The number of hydrogen-bond donors (Lipinski definition) is 1. The lowest BCUT2D eigenvalue weighted by molar-refractivity contribution is 0.0909. The maximum absolute atomic E-state index is 12.1. The molecule has 20 heavy (non-hydrogen) atoms. The van der Waals surface area contributed by atoms with E-state index in [4.69, 9.17) is 23.2 Å². The molecule has 1 aliphatic rings. The molecule has 3 rings (SSSR count). The Labute approximate surface area is 131 Å². The minimum absolute atomic E-state index is 0.000198. The fourth-order valence-electron chi connectivity index (χ4n) is 2.49. The summed E-state index contributed by atoms with van der Waals surface area (Å²) in [5.74, 6) is 0.281. The Morgan fingerprint density at radius 3 is 2.70 bits per heavy atom. The number of benzene rings is 1. The Morgan fingerprint density at radius 1 is 1.25 bits per heavy atom. The molecular weight excluding hydrogens is 313 g/mol. The molecular formula is C15H13Cl2NOS. The monoisotopic (exact) mass is 325 g/mol. The van der Waals surface area contributed by atoms with Crippen LogP contribution in [0.5, 0.6) is 0 Å². The van der Waals surface area contributed by atoms with Gasteiger partial charge in [0.05, 0.1) is 4.88 Å². The summed E-state index contributed by atoms with van der Waals surface area (Å²) in [5.41, 5.74) is 1.07. The van der Waals surface area contributed by atoms with E-state index in [9.17, 15) is 4.79 Å². The highest BCUT2D eigenvalue weighted by atomic mass is 35.5. The SMILES string of the molecule is O=C(N[C@H]1CC[C@H]1c1ccc(Cl)cc1Cl)c1cccs1. The zero-order valence-electron chi connectivity index (χ0n) is 10.6. The predicted octanol–water partition coefficient (Wildman–Crippen LogP) is 4.73. The van der Waals surface area contributed by atoms with Gasteiger partial charge in [-0.2, -0.15) is 0 Å². The van der Waals surface area contributed by atoms with Crippen LogP contribution in [-0.4, -0.2) is 11.9 Å². The maximum atomic E-state index is 12.1. The van der Waals surface area contributed by atoms with E-state index >= 15 is 0 Å². The predicted molar refractivity (Wildman–Crippen MR) is 84.0 cm³/mol. The second-order valence-electron chi connectivity index (χ2n) is 4.91. The van der Waals surface area contributed by atoms with Crippen LogP contribution in [0.4, 0.5) is 0 Å². The van der Waals surface area contributed by atoms with Gasteiger partial charge in [-0.3, -0.25) is 4.79 Å². The van der Waals surface area contributed by atoms with Gasteiger partial charge in [-0.05, 0) is 42.0 Å². The molecule has 2 aromatic rings. The highest BCUT2D eigenvalue weighted by Crippen LogP contribution is 2.41. The first-order chi connectivity index (χ1) is 9.65. The second-order valence-corrected chi connectivity index (χ2v) is 6.70. The molecule has 0 saturated heterocycles. The minimum atomic E-state index is -0.000198. The maximum Gasteiger partial charge on any atom is 0.261 e. The number of carbonyl (C=O) groups is 1. The van der Waals surface area contributed by atoms with Crippen LogP contribution in [-0.2, 0) is 0 Å². The molecule has 1 aromatic carbocycles. The third kappa shape index (κ3) is 2.71. The van der Waals surface area contributed by atoms with Gasteiger partial charge >= 0.3 is 0 Å². The molecule has 1 heterocycles. The summed E-state index contributed by atoms with van der Waals surface area (Å²) < 4.78 is 0. The molecule has 1 aromatic heterocycles. The van der Waals surface area contributed by atoms with Crippen LogP contribution < -0.4 is 5.32 Å². The first kappa shape index (κ1) is 13.9. The van der Waals surface area contributed by atoms with Gasteiger partial charge in [0, 0.05) is 22.0 Å². The fraction of sp³-hybridized carbons (Fsp3) is 0.267. The molecule has 1 saturated carbocycles. The molecule has 1 fully saturated rings. The molecule has 0 bridgehead atoms. The third-order valence-corrected chi connectivity index (χ3v) is 5.13. The van der Waals surface area contributed by atoms with Crippen molar-refractivity contribution in [1.29, 1.82) is 0 Å². The fourth-order valence-corrected chi connectivity index (χ4v) is 3.67. The molecule has 1 amide bonds. The Kier molecular flexibility index (Phi) is 4.01. The second kappa shape index (κ2) is 5.76. The van der Waals surface area contributed by atoms with E-state index in [1.807, 2.05) is 29.6 Å². The number of halogens is 2. The van der Waals surface area contributed by atoms with E-state index in [-0.39, 0.29) is 17.9 Å². The van der Waals surface area contributed by atoms with Crippen LogP contribution in [0.3, 0.4) is 0 Å². The normalized spacial score (nSPS) is 21.3. The number of rotatable bonds is 3. The van der Waals surface area contributed by atoms with Gasteiger partial charge in [0.1, 0.15) is 0 Å². The van der Waals surface area contributed by atoms with E-state index in [0.29, 0.717) is 10.0 Å². The van der Waals surface area contributed by atoms with Crippen molar-refractivity contribution < 1.29 is 4.79 Å². The quantitative estimate of drug-likeness (QED) is 0.868. The Hall–Kier alpha value is -1.03. The van der Waals surface area contributed by atoms with Crippen molar-refractivity contribution >= 4 is 40.4 Å². The van der Waals surface area contributed by atoms with E-state index in [0.717, 1.165) is 23.3 Å². The molecule has 5 heteroatoms. The Morgan fingerprint density at radius 2 is 2.10 bits per heavy atom. The third-order valence-electron chi connectivity index (χ3n) is 3.70. The highest BCUT2D eigenvalue weighted by Gasteiger charge is 2.34. The molecule has 2 atom stereocenters. The van der Waals surface area contributed by atoms with Crippen molar-refractivity contribution in [3.8, 4) is 0 Å². The van der Waals surface area contributed by atoms with Crippen LogP contribution in [0.15, 0.2) is 35.7 Å². The number of amides is 1. The van der Waals surface area contributed by atoms with Crippen LogP contribution >= 0.6 is 34.5 Å². The highest BCUT2D eigenvalue weighted by molar-refractivity contribution is 7.12. The van der Waals surface area contributed by atoms with Gasteiger partial charge in [0.15, 0.2) is 0 Å². The lowest BCUT2D eigenvalue weighted by Crippen LogP contribution is -2.45. The van der Waals surface area contributed by atoms with Gasteiger partial charge in [-0.1, -0.05) is 35.3 Å². The molecule has 1 aliphatic carbocycles. The summed E-state index contributed by atoms with van der Waals surface area (Å²) in [5, 5.41) is 6.31. The van der Waals surface area contributed by atoms with Crippen LogP contribution in [0.1, 0.15) is 34.0 Å². The molecule has 0 aliphatic heterocycles. The van der Waals surface area contributed by atoms with Crippen molar-refractivity contribution in [2.75, 3.05) is 0 Å². The molecule has 0 radical (unpaired) electrons. The zero-order valence-corrected chi connectivity index (χ0v) is 12.9. The first-order valence-electron chi connectivity index (χ1n) is 6.44. The standard InChI is InChI=1S/C15H13Cl2NOS/c16-9-3-4-10(12(17)8-9)11-5-6-13(11)18-15(19)14-2-1-7-20-14/h1-4,7-8,11,13H,5-6H2,(H,18,19)/t11-,13-/m0/s1. The van der Waals surface area contributed by atoms with Crippen molar-refractivity contribution in [1.82, 2.24) is 5.32 Å². The van der Waals surface area contributed by atoms with Crippen LogP contribution in [0.25, 0.3) is 0 Å². The van der Waals surface area contributed by atoms with Crippen molar-refractivity contribution in [2.24, 2.45) is 0 Å². The smallest absolute Gasteiger partial charge is 0.261 e. The zero-order chi connectivity index (χ0) is 14.1. The number of thiophene rings is 1. The van der Waals surface area contributed by atoms with E-state index in [2.05, 4.69) is 5.32 Å². The lowest BCUT2D eigenvalue weighted by atomic mass is 9.75.